The first-order valence-corrected chi connectivity index (χ1v) is 6.89. The van der Waals surface area contributed by atoms with Crippen molar-refractivity contribution in [2.24, 2.45) is 0 Å². The highest BCUT2D eigenvalue weighted by Crippen LogP contribution is 2.22. The number of ether oxygens (including phenoxy) is 1. The van der Waals surface area contributed by atoms with E-state index in [0.717, 1.165) is 22.6 Å². The zero-order chi connectivity index (χ0) is 13.9. The minimum Gasteiger partial charge on any atom is -0.486 e. The molecule has 3 rings (SSSR count). The summed E-state index contributed by atoms with van der Waals surface area (Å²) in [6.45, 7) is 4.82. The maximum absolute atomic E-state index is 5.83. The predicted octanol–water partition coefficient (Wildman–Crippen LogP) is 4.62. The van der Waals surface area contributed by atoms with Gasteiger partial charge in [0.15, 0.2) is 0 Å². The molecule has 0 unspecified atom stereocenters. The van der Waals surface area contributed by atoms with Crippen LogP contribution in [0.15, 0.2) is 54.6 Å². The van der Waals surface area contributed by atoms with Crippen LogP contribution < -0.4 is 4.74 Å². The molecule has 0 bridgehead atoms. The lowest BCUT2D eigenvalue weighted by Crippen LogP contribution is -2.09. The third-order valence-electron chi connectivity index (χ3n) is 3.30. The molecular weight excluding hydrogens is 284 g/mol. The van der Waals surface area contributed by atoms with Gasteiger partial charge < -0.3 is 9.30 Å². The van der Waals surface area contributed by atoms with Crippen molar-refractivity contribution in [3.8, 4) is 5.75 Å². The molecule has 1 heterocycles. The monoisotopic (exact) mass is 302 g/mol. The molecule has 0 aliphatic carbocycles. The summed E-state index contributed by atoms with van der Waals surface area (Å²) in [5, 5.41) is 0. The van der Waals surface area contributed by atoms with Gasteiger partial charge >= 0.3 is 0 Å². The highest BCUT2D eigenvalue weighted by molar-refractivity contribution is 5.85. The Kier molecular flexibility index (Phi) is 4.86. The van der Waals surface area contributed by atoms with Crippen LogP contribution in [0.3, 0.4) is 0 Å². The van der Waals surface area contributed by atoms with E-state index in [1.54, 1.807) is 0 Å². The summed E-state index contributed by atoms with van der Waals surface area (Å²) >= 11 is 0. The molecule has 110 valence electrons. The number of fused-ring (bicyclic) bond motifs is 1. The minimum atomic E-state index is 0. The van der Waals surface area contributed by atoms with Crippen molar-refractivity contribution in [2.45, 2.75) is 26.5 Å². The number of nitrogens with zero attached hydrogens (tertiary/aromatic N) is 2. The van der Waals surface area contributed by atoms with Crippen LogP contribution in [0.5, 0.6) is 5.75 Å². The van der Waals surface area contributed by atoms with Gasteiger partial charge in [0.1, 0.15) is 18.2 Å². The molecule has 0 amide bonds. The van der Waals surface area contributed by atoms with E-state index in [1.807, 2.05) is 48.5 Å². The van der Waals surface area contributed by atoms with Crippen LogP contribution in [-0.4, -0.2) is 9.55 Å². The van der Waals surface area contributed by atoms with Gasteiger partial charge in [0, 0.05) is 6.04 Å². The number of para-hydroxylation sites is 3. The highest BCUT2D eigenvalue weighted by atomic mass is 35.5. The predicted molar refractivity (Wildman–Crippen MR) is 88.1 cm³/mol. The van der Waals surface area contributed by atoms with Crippen LogP contribution in [0.4, 0.5) is 0 Å². The summed E-state index contributed by atoms with van der Waals surface area (Å²) in [5.41, 5.74) is 2.18. The second-order valence-electron chi connectivity index (χ2n) is 5.08. The van der Waals surface area contributed by atoms with Gasteiger partial charge in [-0.3, -0.25) is 0 Å². The van der Waals surface area contributed by atoms with Gasteiger partial charge in [-0.15, -0.1) is 12.4 Å². The quantitative estimate of drug-likeness (QED) is 0.703. The van der Waals surface area contributed by atoms with Gasteiger partial charge in [-0.1, -0.05) is 30.3 Å². The fourth-order valence-electron chi connectivity index (χ4n) is 2.44. The van der Waals surface area contributed by atoms with E-state index < -0.39 is 0 Å². The summed E-state index contributed by atoms with van der Waals surface area (Å²) in [6.07, 6.45) is 0. The lowest BCUT2D eigenvalue weighted by Gasteiger charge is -2.13. The Bertz CT molecular complexity index is 707. The fraction of sp³-hybridized carbons (Fsp3) is 0.235. The van der Waals surface area contributed by atoms with E-state index in [4.69, 9.17) is 4.74 Å². The molecule has 3 nitrogen and oxygen atoms in total. The van der Waals surface area contributed by atoms with Crippen LogP contribution in [0.25, 0.3) is 11.0 Å². The molecule has 21 heavy (non-hydrogen) atoms. The van der Waals surface area contributed by atoms with Crippen molar-refractivity contribution in [3.63, 3.8) is 0 Å². The lowest BCUT2D eigenvalue weighted by atomic mass is 10.3. The molecule has 0 aliphatic heterocycles. The maximum Gasteiger partial charge on any atom is 0.148 e. The third kappa shape index (κ3) is 3.19. The average Bonchev–Trinajstić information content (AvgIpc) is 2.84. The molecule has 0 saturated heterocycles. The molecule has 3 aromatic rings. The molecular formula is C17H19ClN2O. The van der Waals surface area contributed by atoms with Crippen molar-refractivity contribution in [2.75, 3.05) is 0 Å². The number of benzene rings is 2. The highest BCUT2D eigenvalue weighted by Gasteiger charge is 2.13. The Labute approximate surface area is 131 Å². The number of hydrogen-bond donors (Lipinski definition) is 0. The summed E-state index contributed by atoms with van der Waals surface area (Å²) in [6, 6.07) is 18.4. The standard InChI is InChI=1S/C17H18N2O.ClH/c1-13(2)19-16-11-7-6-10-15(16)18-17(19)12-20-14-8-4-3-5-9-14;/h3-11,13H,12H2,1-2H3;1H. The number of hydrogen-bond acceptors (Lipinski definition) is 2. The SMILES string of the molecule is CC(C)n1c(COc2ccccc2)nc2ccccc21.Cl. The molecule has 1 aromatic heterocycles. The van der Waals surface area contributed by atoms with Gasteiger partial charge in [0.05, 0.1) is 11.0 Å². The number of imidazole rings is 1. The Morgan fingerprint density at radius 2 is 1.67 bits per heavy atom. The first-order valence-electron chi connectivity index (χ1n) is 6.89. The Hall–Kier alpha value is -2.00. The Morgan fingerprint density at radius 1 is 1.00 bits per heavy atom. The zero-order valence-corrected chi connectivity index (χ0v) is 13.0. The second-order valence-corrected chi connectivity index (χ2v) is 5.08. The van der Waals surface area contributed by atoms with Crippen molar-refractivity contribution >= 4 is 23.4 Å². The molecule has 0 N–H and O–H groups in total. The molecule has 0 spiro atoms. The van der Waals surface area contributed by atoms with E-state index in [1.165, 1.54) is 0 Å². The number of halogens is 1. The van der Waals surface area contributed by atoms with E-state index in [0.29, 0.717) is 12.6 Å². The fourth-order valence-corrected chi connectivity index (χ4v) is 2.44. The molecule has 0 radical (unpaired) electrons. The summed E-state index contributed by atoms with van der Waals surface area (Å²) < 4.78 is 8.06. The van der Waals surface area contributed by atoms with Gasteiger partial charge in [-0.2, -0.15) is 0 Å². The van der Waals surface area contributed by atoms with Crippen LogP contribution in [-0.2, 0) is 6.61 Å². The molecule has 0 atom stereocenters. The largest absolute Gasteiger partial charge is 0.486 e. The van der Waals surface area contributed by atoms with Crippen molar-refractivity contribution < 1.29 is 4.74 Å². The number of rotatable bonds is 4. The van der Waals surface area contributed by atoms with E-state index in [2.05, 4.69) is 29.5 Å². The number of aromatic nitrogens is 2. The van der Waals surface area contributed by atoms with Crippen molar-refractivity contribution in [1.82, 2.24) is 9.55 Å². The van der Waals surface area contributed by atoms with E-state index >= 15 is 0 Å². The van der Waals surface area contributed by atoms with Gasteiger partial charge in [0.2, 0.25) is 0 Å². The van der Waals surface area contributed by atoms with Crippen LogP contribution in [0.1, 0.15) is 25.7 Å². The molecule has 0 aliphatic rings. The molecule has 2 aromatic carbocycles. The minimum absolute atomic E-state index is 0. The zero-order valence-electron chi connectivity index (χ0n) is 12.2. The Morgan fingerprint density at radius 3 is 2.38 bits per heavy atom. The first-order chi connectivity index (χ1) is 9.75. The molecule has 0 fully saturated rings. The third-order valence-corrected chi connectivity index (χ3v) is 3.30. The Balaban J connectivity index is 0.00000161. The average molecular weight is 303 g/mol. The van der Waals surface area contributed by atoms with E-state index in [9.17, 15) is 0 Å². The molecule has 4 heteroatoms. The van der Waals surface area contributed by atoms with Crippen LogP contribution in [0, 0.1) is 0 Å². The maximum atomic E-state index is 5.83. The lowest BCUT2D eigenvalue weighted by molar-refractivity contribution is 0.287. The molecule has 0 saturated carbocycles. The normalized spacial score (nSPS) is 10.6. The van der Waals surface area contributed by atoms with Gasteiger partial charge in [-0.25, -0.2) is 4.98 Å². The van der Waals surface area contributed by atoms with Crippen molar-refractivity contribution in [3.05, 3.63) is 60.4 Å². The second kappa shape index (κ2) is 6.64. The smallest absolute Gasteiger partial charge is 0.148 e. The van der Waals surface area contributed by atoms with Crippen LogP contribution in [0.2, 0.25) is 0 Å². The van der Waals surface area contributed by atoms with E-state index in [-0.39, 0.29) is 12.4 Å². The van der Waals surface area contributed by atoms with Crippen molar-refractivity contribution in [1.29, 1.82) is 0 Å². The summed E-state index contributed by atoms with van der Waals surface area (Å²) in [4.78, 5) is 4.69. The van der Waals surface area contributed by atoms with Crippen LogP contribution >= 0.6 is 12.4 Å². The summed E-state index contributed by atoms with van der Waals surface area (Å²) in [7, 11) is 0. The van der Waals surface area contributed by atoms with Gasteiger partial charge in [0.25, 0.3) is 0 Å². The van der Waals surface area contributed by atoms with Gasteiger partial charge in [-0.05, 0) is 38.1 Å². The summed E-state index contributed by atoms with van der Waals surface area (Å²) in [5.74, 6) is 1.83. The topological polar surface area (TPSA) is 27.1 Å². The first kappa shape index (κ1) is 15.4.